The van der Waals surface area contributed by atoms with Crippen molar-refractivity contribution in [3.05, 3.63) is 0 Å². The van der Waals surface area contributed by atoms with E-state index in [9.17, 15) is 0 Å². The van der Waals surface area contributed by atoms with E-state index in [2.05, 4.69) is 55.4 Å². The summed E-state index contributed by atoms with van der Waals surface area (Å²) >= 11 is 0. The van der Waals surface area contributed by atoms with Crippen molar-refractivity contribution >= 4 is 0 Å². The predicted molar refractivity (Wildman–Crippen MR) is 122 cm³/mol. The van der Waals surface area contributed by atoms with Crippen LogP contribution in [0.2, 0.25) is 0 Å². The summed E-state index contributed by atoms with van der Waals surface area (Å²) in [7, 11) is 0. The number of ether oxygens (including phenoxy) is 2. The molecule has 0 bridgehead atoms. The van der Waals surface area contributed by atoms with Crippen molar-refractivity contribution in [2.75, 3.05) is 26.4 Å². The van der Waals surface area contributed by atoms with Crippen molar-refractivity contribution in [1.82, 2.24) is 0 Å². The van der Waals surface area contributed by atoms with E-state index in [1.165, 1.54) is 38.5 Å². The summed E-state index contributed by atoms with van der Waals surface area (Å²) in [5.74, 6) is 3.04. The van der Waals surface area contributed by atoms with E-state index in [-0.39, 0.29) is 14.9 Å². The molecule has 0 aliphatic carbocycles. The highest BCUT2D eigenvalue weighted by atomic mass is 16.5. The molecule has 2 nitrogen and oxygen atoms in total. The molecule has 0 aromatic rings. The van der Waals surface area contributed by atoms with Gasteiger partial charge in [0, 0.05) is 26.4 Å². The minimum absolute atomic E-state index is 0. The zero-order valence-corrected chi connectivity index (χ0v) is 18.2. The van der Waals surface area contributed by atoms with Crippen LogP contribution in [0, 0.1) is 23.7 Å². The van der Waals surface area contributed by atoms with Crippen molar-refractivity contribution in [1.29, 1.82) is 0 Å². The second-order valence-electron chi connectivity index (χ2n) is 8.72. The highest BCUT2D eigenvalue weighted by Gasteiger charge is 1.96. The highest BCUT2D eigenvalue weighted by molar-refractivity contribution is 4.47. The fourth-order valence-electron chi connectivity index (χ4n) is 2.15. The molecule has 164 valence electrons. The van der Waals surface area contributed by atoms with Crippen LogP contribution in [0.5, 0.6) is 0 Å². The molecule has 0 saturated heterocycles. The standard InChI is InChI=1S/2C11H24O.2CH4/c2*1-10(2)7-5-6-8-12-9-11(3)4;;/h2*10-11H,5-9H2,1-4H3;2*1H4. The van der Waals surface area contributed by atoms with Gasteiger partial charge in [0.25, 0.3) is 0 Å². The number of rotatable bonds is 14. The average Bonchev–Trinajstić information content (AvgIpc) is 2.46. The second kappa shape index (κ2) is 24.9. The van der Waals surface area contributed by atoms with Crippen LogP contribution < -0.4 is 0 Å². The number of unbranched alkanes of at least 4 members (excludes halogenated alkanes) is 2. The van der Waals surface area contributed by atoms with Crippen LogP contribution in [0.25, 0.3) is 0 Å². The molecule has 2 heteroatoms. The fourth-order valence-corrected chi connectivity index (χ4v) is 2.15. The van der Waals surface area contributed by atoms with Crippen LogP contribution >= 0.6 is 0 Å². The Labute approximate surface area is 168 Å². The molecule has 0 aliphatic heterocycles. The molecule has 0 aliphatic rings. The molecule has 0 N–H and O–H groups in total. The highest BCUT2D eigenvalue weighted by Crippen LogP contribution is 2.07. The monoisotopic (exact) mass is 376 g/mol. The van der Waals surface area contributed by atoms with Crippen molar-refractivity contribution in [2.24, 2.45) is 23.7 Å². The Morgan fingerprint density at radius 3 is 1.00 bits per heavy atom. The first kappa shape index (κ1) is 33.5. The Morgan fingerprint density at radius 1 is 0.462 bits per heavy atom. The minimum atomic E-state index is 0. The van der Waals surface area contributed by atoms with Gasteiger partial charge < -0.3 is 9.47 Å². The third-order valence-electron chi connectivity index (χ3n) is 3.54. The van der Waals surface area contributed by atoms with Crippen LogP contribution in [0.15, 0.2) is 0 Å². The molecule has 0 atom stereocenters. The van der Waals surface area contributed by atoms with Gasteiger partial charge in [-0.25, -0.2) is 0 Å². The third kappa shape index (κ3) is 39.1. The van der Waals surface area contributed by atoms with Crippen molar-refractivity contribution < 1.29 is 9.47 Å². The maximum Gasteiger partial charge on any atom is 0.0488 e. The van der Waals surface area contributed by atoms with Gasteiger partial charge in [-0.15, -0.1) is 0 Å². The van der Waals surface area contributed by atoms with Gasteiger partial charge in [-0.05, 0) is 36.5 Å². The average molecular weight is 377 g/mol. The molecule has 26 heavy (non-hydrogen) atoms. The first-order chi connectivity index (χ1) is 11.3. The molecule has 0 aromatic carbocycles. The molecule has 0 fully saturated rings. The minimum Gasteiger partial charge on any atom is -0.381 e. The Morgan fingerprint density at radius 2 is 0.769 bits per heavy atom. The lowest BCUT2D eigenvalue weighted by atomic mass is 10.1. The Hall–Kier alpha value is -0.0800. The van der Waals surface area contributed by atoms with Crippen molar-refractivity contribution in [3.63, 3.8) is 0 Å². The third-order valence-corrected chi connectivity index (χ3v) is 3.54. The van der Waals surface area contributed by atoms with Crippen LogP contribution in [0.3, 0.4) is 0 Å². The summed E-state index contributed by atoms with van der Waals surface area (Å²) in [6.45, 7) is 21.6. The lowest BCUT2D eigenvalue weighted by molar-refractivity contribution is 0.106. The van der Waals surface area contributed by atoms with E-state index in [0.717, 1.165) is 38.3 Å². The maximum absolute atomic E-state index is 5.48. The van der Waals surface area contributed by atoms with Crippen LogP contribution in [-0.2, 0) is 9.47 Å². The molecule has 0 saturated carbocycles. The molecular weight excluding hydrogens is 320 g/mol. The zero-order chi connectivity index (χ0) is 18.8. The zero-order valence-electron chi connectivity index (χ0n) is 18.2. The van der Waals surface area contributed by atoms with Gasteiger partial charge in [-0.3, -0.25) is 0 Å². The molecular formula is C24H56O2. The smallest absolute Gasteiger partial charge is 0.0488 e. The molecule has 0 heterocycles. The van der Waals surface area contributed by atoms with E-state index in [1.54, 1.807) is 0 Å². The largest absolute Gasteiger partial charge is 0.381 e. The number of hydrogen-bond donors (Lipinski definition) is 0. The van der Waals surface area contributed by atoms with E-state index in [1.807, 2.05) is 0 Å². The molecule has 0 amide bonds. The van der Waals surface area contributed by atoms with Gasteiger partial charge in [0.1, 0.15) is 0 Å². The first-order valence-corrected chi connectivity index (χ1v) is 10.4. The van der Waals surface area contributed by atoms with E-state index >= 15 is 0 Å². The summed E-state index contributed by atoms with van der Waals surface area (Å²) in [5.41, 5.74) is 0. The second-order valence-corrected chi connectivity index (χ2v) is 8.72. The normalized spacial score (nSPS) is 10.6. The number of hydrogen-bond acceptors (Lipinski definition) is 2. The lowest BCUT2D eigenvalue weighted by Gasteiger charge is -2.07. The van der Waals surface area contributed by atoms with Gasteiger partial charge in [0.05, 0.1) is 0 Å². The Bertz CT molecular complexity index is 174. The quantitative estimate of drug-likeness (QED) is 0.284. The van der Waals surface area contributed by atoms with Crippen molar-refractivity contribution in [3.8, 4) is 0 Å². The molecule has 0 rings (SSSR count). The van der Waals surface area contributed by atoms with E-state index in [0.29, 0.717) is 11.8 Å². The van der Waals surface area contributed by atoms with E-state index in [4.69, 9.17) is 9.47 Å². The van der Waals surface area contributed by atoms with Crippen LogP contribution in [0.4, 0.5) is 0 Å². The molecule has 0 spiro atoms. The summed E-state index contributed by atoms with van der Waals surface area (Å²) < 4.78 is 11.0. The van der Waals surface area contributed by atoms with Crippen LogP contribution in [0.1, 0.15) is 109 Å². The van der Waals surface area contributed by atoms with Gasteiger partial charge in [-0.2, -0.15) is 0 Å². The fraction of sp³-hybridized carbons (Fsp3) is 1.00. The summed E-state index contributed by atoms with van der Waals surface area (Å²) in [4.78, 5) is 0. The molecule has 0 radical (unpaired) electrons. The predicted octanol–water partition coefficient (Wildman–Crippen LogP) is 8.24. The van der Waals surface area contributed by atoms with Crippen molar-refractivity contribution in [2.45, 2.75) is 109 Å². The summed E-state index contributed by atoms with van der Waals surface area (Å²) in [6, 6.07) is 0. The molecule has 0 unspecified atom stereocenters. The van der Waals surface area contributed by atoms with Gasteiger partial charge in [0.2, 0.25) is 0 Å². The topological polar surface area (TPSA) is 18.5 Å². The SMILES string of the molecule is C.C.CC(C)CCCCOCC(C)C.CC(C)CCCCOCC(C)C. The Balaban J connectivity index is -0.000000173. The Kier molecular flexibility index (Phi) is 32.1. The van der Waals surface area contributed by atoms with Gasteiger partial charge in [0.15, 0.2) is 0 Å². The van der Waals surface area contributed by atoms with E-state index < -0.39 is 0 Å². The first-order valence-electron chi connectivity index (χ1n) is 10.4. The maximum atomic E-state index is 5.48. The van der Waals surface area contributed by atoms with Crippen LogP contribution in [-0.4, -0.2) is 26.4 Å². The molecule has 0 aromatic heterocycles. The van der Waals surface area contributed by atoms with Gasteiger partial charge in [-0.1, -0.05) is 95.9 Å². The van der Waals surface area contributed by atoms with Gasteiger partial charge >= 0.3 is 0 Å². The lowest BCUT2D eigenvalue weighted by Crippen LogP contribution is -2.03. The summed E-state index contributed by atoms with van der Waals surface area (Å²) in [6.07, 6.45) is 7.76. The summed E-state index contributed by atoms with van der Waals surface area (Å²) in [5, 5.41) is 0.